The van der Waals surface area contributed by atoms with Crippen molar-refractivity contribution in [3.8, 4) is 23.8 Å². The zero-order valence-corrected chi connectivity index (χ0v) is 63.3. The molecule has 0 atom stereocenters. The van der Waals surface area contributed by atoms with E-state index >= 15 is 0 Å². The first-order chi connectivity index (χ1) is 54.4. The van der Waals surface area contributed by atoms with Crippen LogP contribution in [-0.4, -0.2) is 98.6 Å². The van der Waals surface area contributed by atoms with Gasteiger partial charge in [0.05, 0.1) is 63.4 Å². The van der Waals surface area contributed by atoms with Crippen LogP contribution in [0.4, 0.5) is 32.8 Å². The summed E-state index contributed by atoms with van der Waals surface area (Å²) in [4.78, 5) is 115. The lowest BCUT2D eigenvalue weighted by Crippen LogP contribution is -2.11. The van der Waals surface area contributed by atoms with Crippen LogP contribution in [0.25, 0.3) is 30.4 Å². The van der Waals surface area contributed by atoms with Crippen LogP contribution in [0.5, 0.6) is 11.5 Å². The molecule has 0 aromatic heterocycles. The summed E-state index contributed by atoms with van der Waals surface area (Å²) >= 11 is 0. The van der Waals surface area contributed by atoms with E-state index in [4.69, 9.17) is 41.4 Å². The van der Waals surface area contributed by atoms with E-state index in [2.05, 4.69) is 32.5 Å². The lowest BCUT2D eigenvalue weighted by molar-refractivity contribution is -0.112. The lowest BCUT2D eigenvalue weighted by atomic mass is 10.0. The minimum atomic E-state index is -1.12. The Hall–Kier alpha value is -15.3. The molecular formula is C91H82FN5O17. The third kappa shape index (κ3) is 28.7. The Morgan fingerprint density at radius 3 is 0.965 bits per heavy atom. The van der Waals surface area contributed by atoms with E-state index in [9.17, 15) is 52.3 Å². The fourth-order valence-corrected chi connectivity index (χ4v) is 10.0. The third-order valence-electron chi connectivity index (χ3n) is 16.4. The SMILES string of the molecule is C#CCOc1cc(/C=C/C(=O)Nc2ccccc2C(=O)O)ccc1C.COc1cc(/C=C/C(=O)Nc2ccccc2C(=O)O)cc(C)c1C.Cc1ccc(/C=C/C(=O)Nc2ccccc2C(=O)O)cc1.Cc1ccc(/C=C/C(=O)Nc2ccccc2C(=O)O)cc1C.Cc1ccc(/C=C/C(=O)Nc2ccccc2C(=O)O)cc1F. The van der Waals surface area contributed by atoms with Gasteiger partial charge in [-0.15, -0.1) is 6.42 Å². The van der Waals surface area contributed by atoms with Crippen LogP contribution in [0.15, 0.2) is 243 Å². The van der Waals surface area contributed by atoms with Gasteiger partial charge in [-0.3, -0.25) is 24.0 Å². The Bertz CT molecular complexity index is 5270. The topological polar surface area (TPSA) is 350 Å². The number of halogens is 1. The number of anilines is 5. The van der Waals surface area contributed by atoms with E-state index in [1.54, 1.807) is 135 Å². The molecule has 0 aliphatic heterocycles. The molecule has 10 rings (SSSR count). The molecule has 0 saturated carbocycles. The minimum absolute atomic E-state index is 0.00521. The molecule has 0 heterocycles. The number of carbonyl (C=O) groups is 10. The number of aryl methyl sites for hydroxylation is 6. The molecule has 22 nitrogen and oxygen atoms in total. The number of terminal acetylenes is 1. The highest BCUT2D eigenvalue weighted by molar-refractivity contribution is 6.10. The van der Waals surface area contributed by atoms with E-state index < -0.39 is 47.6 Å². The van der Waals surface area contributed by atoms with Crippen molar-refractivity contribution >= 4 is 118 Å². The number of ether oxygens (including phenoxy) is 2. The summed E-state index contributed by atoms with van der Waals surface area (Å²) in [5.74, 6) is -4.07. The summed E-state index contributed by atoms with van der Waals surface area (Å²) < 4.78 is 24.1. The maximum Gasteiger partial charge on any atom is 0.337 e. The zero-order chi connectivity index (χ0) is 83.4. The van der Waals surface area contributed by atoms with Crippen LogP contribution in [-0.2, 0) is 24.0 Å². The Labute approximate surface area is 658 Å². The number of para-hydroxylation sites is 5. The number of aromatic carboxylic acids is 5. The second-order valence-corrected chi connectivity index (χ2v) is 24.8. The average Bonchev–Trinajstić information content (AvgIpc) is 0.691. The van der Waals surface area contributed by atoms with Gasteiger partial charge in [0.25, 0.3) is 0 Å². The quantitative estimate of drug-likeness (QED) is 0.0210. The van der Waals surface area contributed by atoms with Crippen LogP contribution in [0, 0.1) is 66.6 Å². The van der Waals surface area contributed by atoms with Crippen molar-refractivity contribution in [1.29, 1.82) is 0 Å². The number of hydrogen-bond acceptors (Lipinski definition) is 12. The van der Waals surface area contributed by atoms with Crippen molar-refractivity contribution in [2.24, 2.45) is 0 Å². The molecule has 0 bridgehead atoms. The van der Waals surface area contributed by atoms with Gasteiger partial charge in [-0.2, -0.15) is 0 Å². The molecule has 0 aliphatic carbocycles. The average molecular weight is 1540 g/mol. The number of benzene rings is 10. The first-order valence-electron chi connectivity index (χ1n) is 34.7. The van der Waals surface area contributed by atoms with Gasteiger partial charge in [-0.1, -0.05) is 145 Å². The fraction of sp³-hybridized carbons (Fsp3) is 0.0989. The van der Waals surface area contributed by atoms with Crippen LogP contribution in [0.3, 0.4) is 0 Å². The molecule has 0 saturated heterocycles. The molecule has 0 spiro atoms. The molecule has 23 heteroatoms. The Morgan fingerprint density at radius 2 is 0.632 bits per heavy atom. The summed E-state index contributed by atoms with van der Waals surface area (Å²) in [6.45, 7) is 13.7. The summed E-state index contributed by atoms with van der Waals surface area (Å²) in [6.07, 6.45) is 20.0. The number of rotatable bonds is 23. The maximum absolute atomic E-state index is 13.4. The number of amides is 5. The van der Waals surface area contributed by atoms with Gasteiger partial charge in [0.15, 0.2) is 0 Å². The zero-order valence-electron chi connectivity index (χ0n) is 63.3. The molecule has 10 aromatic rings. The fourth-order valence-electron chi connectivity index (χ4n) is 10.0. The molecule has 10 N–H and O–H groups in total. The maximum atomic E-state index is 13.4. The van der Waals surface area contributed by atoms with Crippen molar-refractivity contribution in [3.05, 3.63) is 343 Å². The summed E-state index contributed by atoms with van der Waals surface area (Å²) in [5, 5.41) is 58.2. The minimum Gasteiger partial charge on any atom is -0.496 e. The first-order valence-corrected chi connectivity index (χ1v) is 34.7. The molecule has 0 aliphatic rings. The van der Waals surface area contributed by atoms with E-state index in [1.807, 2.05) is 108 Å². The van der Waals surface area contributed by atoms with Gasteiger partial charge in [-0.05, 0) is 219 Å². The number of nitrogens with one attached hydrogen (secondary N) is 5. The Balaban J connectivity index is 0.000000222. The monoisotopic (exact) mass is 1540 g/mol. The van der Waals surface area contributed by atoms with Crippen LogP contribution < -0.4 is 36.1 Å². The molecule has 580 valence electrons. The van der Waals surface area contributed by atoms with Crippen molar-refractivity contribution in [2.45, 2.75) is 48.5 Å². The Morgan fingerprint density at radius 1 is 0.342 bits per heavy atom. The summed E-state index contributed by atoms with van der Waals surface area (Å²) in [7, 11) is 1.60. The first kappa shape index (κ1) is 87.6. The smallest absolute Gasteiger partial charge is 0.337 e. The molecule has 0 radical (unpaired) electrons. The number of hydrogen-bond donors (Lipinski definition) is 10. The predicted molar refractivity (Wildman–Crippen MR) is 442 cm³/mol. The van der Waals surface area contributed by atoms with Crippen LogP contribution >= 0.6 is 0 Å². The number of carbonyl (C=O) groups excluding carboxylic acids is 5. The second kappa shape index (κ2) is 44.2. The van der Waals surface area contributed by atoms with Crippen molar-refractivity contribution in [1.82, 2.24) is 0 Å². The van der Waals surface area contributed by atoms with Gasteiger partial charge in [0.1, 0.15) is 23.9 Å². The van der Waals surface area contributed by atoms with Gasteiger partial charge >= 0.3 is 29.8 Å². The standard InChI is InChI=1S/C20H17NO4.C19H19NO4.C18H17NO3.C17H14FNO3.C17H15NO3/c1-3-12-25-18-13-15(9-8-14(18)2)10-11-19(22)21-17-7-5-4-6-16(17)20(23)24;1-12-10-14(11-17(24-3)13(12)2)8-9-18(21)20-16-7-5-4-6-15(16)19(22)23;1-12-7-8-14(11-13(12)2)9-10-17(20)19-16-6-4-3-5-15(16)18(21)22;1-11-6-7-12(10-14(11)18)8-9-16(20)19-15-5-3-2-4-13(15)17(21)22;1-12-6-8-13(9-7-12)10-11-16(19)18-15-5-3-2-4-14(15)17(20)21/h1,4-11,13H,12H2,2H3,(H,21,22)(H,23,24);4-11H,1-3H3,(H,20,21)(H,22,23);3-11H,1-2H3,(H,19,20)(H,21,22);2-10H,1H3,(H,19,20)(H,21,22);2-11H,1H3,(H,18,19)(H,20,21)/b11-10+;9-8+;10-9+;9-8+;11-10+. The normalized spacial score (nSPS) is 10.5. The third-order valence-corrected chi connectivity index (χ3v) is 16.4. The Kier molecular flexibility index (Phi) is 34.0. The van der Waals surface area contributed by atoms with E-state index in [0.717, 1.165) is 55.8 Å². The van der Waals surface area contributed by atoms with Crippen molar-refractivity contribution in [3.63, 3.8) is 0 Å². The van der Waals surface area contributed by atoms with Gasteiger partial charge in [-0.25, -0.2) is 28.4 Å². The van der Waals surface area contributed by atoms with Gasteiger partial charge in [0, 0.05) is 30.4 Å². The largest absolute Gasteiger partial charge is 0.496 e. The van der Waals surface area contributed by atoms with Crippen molar-refractivity contribution in [2.75, 3.05) is 40.3 Å². The molecule has 114 heavy (non-hydrogen) atoms. The molecular weight excluding hydrogens is 1450 g/mol. The van der Waals surface area contributed by atoms with Crippen LogP contribution in [0.2, 0.25) is 0 Å². The molecule has 10 aromatic carbocycles. The molecule has 0 fully saturated rings. The highest BCUT2D eigenvalue weighted by atomic mass is 19.1. The molecule has 5 amide bonds. The van der Waals surface area contributed by atoms with E-state index in [-0.39, 0.29) is 80.5 Å². The second-order valence-electron chi connectivity index (χ2n) is 24.8. The van der Waals surface area contributed by atoms with Crippen molar-refractivity contribution < 1.29 is 87.3 Å². The van der Waals surface area contributed by atoms with Crippen LogP contribution in [0.1, 0.15) is 119 Å². The number of methoxy groups -OCH3 is 1. The highest BCUT2D eigenvalue weighted by Gasteiger charge is 2.16. The summed E-state index contributed by atoms with van der Waals surface area (Å²) in [5.41, 5.74) is 12.5. The molecule has 0 unspecified atom stereocenters. The van der Waals surface area contributed by atoms with Gasteiger partial charge in [0.2, 0.25) is 29.5 Å². The number of carboxylic acid groups (broad SMARTS) is 5. The highest BCUT2D eigenvalue weighted by Crippen LogP contribution is 2.26. The lowest BCUT2D eigenvalue weighted by Gasteiger charge is -2.09. The predicted octanol–water partition coefficient (Wildman–Crippen LogP) is 17.5. The van der Waals surface area contributed by atoms with E-state index in [1.165, 1.54) is 90.6 Å². The summed E-state index contributed by atoms with van der Waals surface area (Å²) in [6, 6.07) is 58.7. The van der Waals surface area contributed by atoms with E-state index in [0.29, 0.717) is 16.9 Å². The van der Waals surface area contributed by atoms with Gasteiger partial charge < -0.3 is 61.6 Å². The number of carboxylic acids is 5.